The van der Waals surface area contributed by atoms with Crippen molar-refractivity contribution < 1.29 is 4.74 Å². The predicted octanol–water partition coefficient (Wildman–Crippen LogP) is 1.80. The smallest absolute Gasteiger partial charge is 0.159 e. The van der Waals surface area contributed by atoms with Crippen LogP contribution in [0.3, 0.4) is 0 Å². The van der Waals surface area contributed by atoms with Crippen molar-refractivity contribution in [2.75, 3.05) is 33.8 Å². The molecule has 90 valence electrons. The van der Waals surface area contributed by atoms with Crippen LogP contribution in [0.1, 0.15) is 32.1 Å². The van der Waals surface area contributed by atoms with Crippen LogP contribution in [0.4, 0.5) is 0 Å². The third-order valence-electron chi connectivity index (χ3n) is 2.10. The normalized spacial score (nSPS) is 10.7. The van der Waals surface area contributed by atoms with Crippen LogP contribution in [0.25, 0.3) is 0 Å². The molecule has 0 rings (SSSR count). The Labute approximate surface area is 99.0 Å². The molecule has 0 aromatic heterocycles. The Balaban J connectivity index is 3.19. The molecule has 0 aromatic rings. The van der Waals surface area contributed by atoms with Gasteiger partial charge in [-0.1, -0.05) is 0 Å². The minimum Gasteiger partial charge on any atom is -0.487 e. The second-order valence-electron chi connectivity index (χ2n) is 3.98. The van der Waals surface area contributed by atoms with Crippen LogP contribution < -0.4 is 5.73 Å². The molecule has 0 radical (unpaired) electrons. The van der Waals surface area contributed by atoms with Crippen molar-refractivity contribution >= 4 is 17.3 Å². The molecular weight excluding hydrogens is 208 g/mol. The molecule has 0 saturated carbocycles. The molecule has 0 fully saturated rings. The molecule has 0 heterocycles. The van der Waals surface area contributed by atoms with Crippen LogP contribution in [-0.4, -0.2) is 43.7 Å². The number of nitrogens with zero attached hydrogens (tertiary/aromatic N) is 1. The van der Waals surface area contributed by atoms with E-state index in [0.29, 0.717) is 0 Å². The maximum atomic E-state index is 5.44. The molecule has 0 unspecified atom stereocenters. The summed E-state index contributed by atoms with van der Waals surface area (Å²) in [7, 11) is 4.13. The highest BCUT2D eigenvalue weighted by Gasteiger charge is 1.98. The van der Waals surface area contributed by atoms with E-state index in [4.69, 9.17) is 22.7 Å². The number of hydrogen-bond donors (Lipinski definition) is 1. The van der Waals surface area contributed by atoms with Gasteiger partial charge in [0, 0.05) is 6.42 Å². The average molecular weight is 232 g/mol. The number of nitrogens with two attached hydrogens (primary N) is 1. The number of rotatable bonds is 9. The highest BCUT2D eigenvalue weighted by Crippen LogP contribution is 2.00. The van der Waals surface area contributed by atoms with Crippen LogP contribution in [-0.2, 0) is 4.74 Å². The van der Waals surface area contributed by atoms with Crippen molar-refractivity contribution in [3.05, 3.63) is 0 Å². The van der Waals surface area contributed by atoms with Gasteiger partial charge < -0.3 is 15.4 Å². The van der Waals surface area contributed by atoms with Gasteiger partial charge in [0.05, 0.1) is 6.61 Å². The molecule has 0 atom stereocenters. The molecule has 0 aromatic carbocycles. The van der Waals surface area contributed by atoms with Crippen LogP contribution in [0.5, 0.6) is 0 Å². The van der Waals surface area contributed by atoms with Gasteiger partial charge in [-0.2, -0.15) is 0 Å². The van der Waals surface area contributed by atoms with Gasteiger partial charge in [-0.15, -0.1) is 0 Å². The van der Waals surface area contributed by atoms with Gasteiger partial charge in [0.15, 0.2) is 5.05 Å². The van der Waals surface area contributed by atoms with Gasteiger partial charge in [0.2, 0.25) is 0 Å². The van der Waals surface area contributed by atoms with Crippen LogP contribution in [0, 0.1) is 0 Å². The minimum absolute atomic E-state index is 0.751. The van der Waals surface area contributed by atoms with Crippen molar-refractivity contribution in [3.8, 4) is 0 Å². The van der Waals surface area contributed by atoms with Crippen molar-refractivity contribution in [2.45, 2.75) is 32.1 Å². The molecule has 0 aliphatic heterocycles. The first-order valence-electron chi connectivity index (χ1n) is 5.67. The van der Waals surface area contributed by atoms with Crippen molar-refractivity contribution in [1.82, 2.24) is 4.90 Å². The van der Waals surface area contributed by atoms with Gasteiger partial charge in [0.1, 0.15) is 0 Å². The van der Waals surface area contributed by atoms with Crippen molar-refractivity contribution in [3.63, 3.8) is 0 Å². The Bertz CT molecular complexity index is 163. The fourth-order valence-corrected chi connectivity index (χ4v) is 1.45. The van der Waals surface area contributed by atoms with E-state index in [9.17, 15) is 0 Å². The molecule has 0 aliphatic rings. The van der Waals surface area contributed by atoms with Gasteiger partial charge in [-0.3, -0.25) is 0 Å². The number of unbranched alkanes of at least 4 members (excludes halogenated alkanes) is 2. The first kappa shape index (κ1) is 14.8. The molecular formula is C11H24N2OS. The summed E-state index contributed by atoms with van der Waals surface area (Å²) in [6.07, 6.45) is 5.25. The lowest BCUT2D eigenvalue weighted by Gasteiger charge is -2.10. The van der Waals surface area contributed by atoms with Crippen molar-refractivity contribution in [2.24, 2.45) is 5.73 Å². The lowest BCUT2D eigenvalue weighted by atomic mass is 10.2. The first-order chi connectivity index (χ1) is 7.16. The molecule has 0 aliphatic carbocycles. The van der Waals surface area contributed by atoms with Gasteiger partial charge in [-0.05, 0) is 65.1 Å². The van der Waals surface area contributed by atoms with Gasteiger partial charge in [0.25, 0.3) is 0 Å². The Hall–Kier alpha value is -0.190. The summed E-state index contributed by atoms with van der Waals surface area (Å²) in [5, 5.41) is 0.754. The summed E-state index contributed by atoms with van der Waals surface area (Å²) >= 11 is 5.12. The molecule has 0 spiro atoms. The number of hydrogen-bond acceptors (Lipinski definition) is 4. The fraction of sp³-hybridized carbons (Fsp3) is 0.909. The summed E-state index contributed by atoms with van der Waals surface area (Å²) in [5.74, 6) is 0. The van der Waals surface area contributed by atoms with Gasteiger partial charge in [-0.25, -0.2) is 0 Å². The van der Waals surface area contributed by atoms with E-state index in [1.165, 1.54) is 0 Å². The van der Waals surface area contributed by atoms with Crippen molar-refractivity contribution in [1.29, 1.82) is 0 Å². The topological polar surface area (TPSA) is 38.5 Å². The largest absolute Gasteiger partial charge is 0.487 e. The Morgan fingerprint density at radius 1 is 1.20 bits per heavy atom. The predicted molar refractivity (Wildman–Crippen MR) is 69.2 cm³/mol. The summed E-state index contributed by atoms with van der Waals surface area (Å²) in [6, 6.07) is 0. The Kier molecular flexibility index (Phi) is 10.2. The van der Waals surface area contributed by atoms with Gasteiger partial charge >= 0.3 is 0 Å². The van der Waals surface area contributed by atoms with E-state index in [0.717, 1.165) is 56.9 Å². The first-order valence-corrected chi connectivity index (χ1v) is 6.08. The number of thiocarbonyl (C=S) groups is 1. The molecule has 0 amide bonds. The van der Waals surface area contributed by atoms with Crippen LogP contribution in [0.2, 0.25) is 0 Å². The molecule has 15 heavy (non-hydrogen) atoms. The zero-order valence-electron chi connectivity index (χ0n) is 10.00. The Morgan fingerprint density at radius 3 is 2.53 bits per heavy atom. The molecule has 2 N–H and O–H groups in total. The summed E-state index contributed by atoms with van der Waals surface area (Å²) in [5.41, 5.74) is 5.39. The minimum atomic E-state index is 0.751. The Morgan fingerprint density at radius 2 is 1.93 bits per heavy atom. The average Bonchev–Trinajstić information content (AvgIpc) is 2.17. The van der Waals surface area contributed by atoms with E-state index < -0.39 is 0 Å². The lowest BCUT2D eigenvalue weighted by Crippen LogP contribution is -2.14. The fourth-order valence-electron chi connectivity index (χ4n) is 1.22. The second kappa shape index (κ2) is 10.3. The van der Waals surface area contributed by atoms with E-state index in [-0.39, 0.29) is 0 Å². The van der Waals surface area contributed by atoms with E-state index >= 15 is 0 Å². The quantitative estimate of drug-likeness (QED) is 0.486. The maximum absolute atomic E-state index is 5.44. The van der Waals surface area contributed by atoms with E-state index in [2.05, 4.69) is 19.0 Å². The molecule has 3 nitrogen and oxygen atoms in total. The summed E-state index contributed by atoms with van der Waals surface area (Å²) in [6.45, 7) is 2.59. The third-order valence-corrected chi connectivity index (χ3v) is 2.42. The zero-order valence-corrected chi connectivity index (χ0v) is 10.8. The monoisotopic (exact) mass is 232 g/mol. The lowest BCUT2D eigenvalue weighted by molar-refractivity contribution is 0.289. The highest BCUT2D eigenvalue weighted by molar-refractivity contribution is 7.80. The highest BCUT2D eigenvalue weighted by atomic mass is 32.1. The summed E-state index contributed by atoms with van der Waals surface area (Å²) in [4.78, 5) is 2.16. The van der Waals surface area contributed by atoms with E-state index in [1.54, 1.807) is 0 Å². The second-order valence-corrected chi connectivity index (χ2v) is 4.43. The van der Waals surface area contributed by atoms with Crippen LogP contribution in [0.15, 0.2) is 0 Å². The molecule has 0 bridgehead atoms. The maximum Gasteiger partial charge on any atom is 0.159 e. The standard InChI is InChI=1S/C11H24N2OS/c1-13(2)9-6-7-11(15)14-10-5-3-4-8-12/h3-10,12H2,1-2H3. The molecule has 0 saturated heterocycles. The zero-order chi connectivity index (χ0) is 11.5. The third kappa shape index (κ3) is 11.7. The van der Waals surface area contributed by atoms with E-state index in [1.807, 2.05) is 0 Å². The number of ether oxygens (including phenoxy) is 1. The van der Waals surface area contributed by atoms with Crippen LogP contribution >= 0.6 is 12.2 Å². The SMILES string of the molecule is CN(C)CCCC(=S)OCCCCCN. The summed E-state index contributed by atoms with van der Waals surface area (Å²) < 4.78 is 5.44. The molecule has 4 heteroatoms.